The summed E-state index contributed by atoms with van der Waals surface area (Å²) in [7, 11) is 0. The van der Waals surface area contributed by atoms with Crippen LogP contribution in [0.1, 0.15) is 49.7 Å². The number of aryl methyl sites for hydroxylation is 1. The quantitative estimate of drug-likeness (QED) is 0.651. The first-order valence-electron chi connectivity index (χ1n) is 9.50. The topological polar surface area (TPSA) is 67.2 Å². The normalized spacial score (nSPS) is 13.1. The van der Waals surface area contributed by atoms with Gasteiger partial charge in [-0.3, -0.25) is 9.48 Å². The Balaban J connectivity index is 2.05. The summed E-state index contributed by atoms with van der Waals surface area (Å²) in [5.74, 6) is -0.156. The van der Waals surface area contributed by atoms with Crippen LogP contribution in [0.25, 0.3) is 6.08 Å². The van der Waals surface area contributed by atoms with Gasteiger partial charge in [-0.05, 0) is 50.3 Å². The molecular weight excluding hydrogens is 374 g/mol. The van der Waals surface area contributed by atoms with E-state index in [2.05, 4.69) is 10.4 Å². The number of aliphatic hydroxyl groups excluding tert-OH is 1. The van der Waals surface area contributed by atoms with Gasteiger partial charge in [-0.1, -0.05) is 43.6 Å². The molecule has 0 radical (unpaired) electrons. The van der Waals surface area contributed by atoms with Gasteiger partial charge in [0.1, 0.15) is 0 Å². The van der Waals surface area contributed by atoms with Gasteiger partial charge >= 0.3 is 0 Å². The maximum atomic E-state index is 12.2. The second kappa shape index (κ2) is 9.39. The lowest BCUT2D eigenvalue weighted by molar-refractivity contribution is -0.117. The van der Waals surface area contributed by atoms with E-state index in [0.717, 1.165) is 22.5 Å². The Morgan fingerprint density at radius 3 is 2.68 bits per heavy atom. The molecule has 0 spiro atoms. The zero-order valence-electron chi connectivity index (χ0n) is 17.3. The van der Waals surface area contributed by atoms with E-state index in [9.17, 15) is 9.90 Å². The standard InChI is InChI=1S/C22H30ClN3O2/c1-15(27)12-22(4,5)14-24-21(28)11-10-19-16(2)25-26(17(19)3)13-18-8-6-7-9-20(18)23/h6-11,15,27H,12-14H2,1-5H3,(H,24,28)/b11-10+/t15-/m0/s1. The Morgan fingerprint density at radius 1 is 1.36 bits per heavy atom. The predicted molar refractivity (Wildman–Crippen MR) is 114 cm³/mol. The number of aromatic nitrogens is 2. The summed E-state index contributed by atoms with van der Waals surface area (Å²) in [5.41, 5.74) is 3.62. The first-order valence-corrected chi connectivity index (χ1v) is 9.88. The molecule has 1 atom stereocenters. The maximum Gasteiger partial charge on any atom is 0.244 e. The fraction of sp³-hybridized carbons (Fsp3) is 0.455. The highest BCUT2D eigenvalue weighted by atomic mass is 35.5. The summed E-state index contributed by atoms with van der Waals surface area (Å²) >= 11 is 6.26. The number of carbonyl (C=O) groups excluding carboxylic acids is 1. The molecule has 1 aromatic heterocycles. The van der Waals surface area contributed by atoms with Crippen LogP contribution in [-0.2, 0) is 11.3 Å². The van der Waals surface area contributed by atoms with Crippen LogP contribution in [0.4, 0.5) is 0 Å². The number of rotatable bonds is 8. The average Bonchev–Trinajstić information content (AvgIpc) is 2.86. The van der Waals surface area contributed by atoms with Gasteiger partial charge in [0.15, 0.2) is 0 Å². The summed E-state index contributed by atoms with van der Waals surface area (Å²) < 4.78 is 1.90. The molecule has 0 fully saturated rings. The first kappa shape index (κ1) is 22.2. The molecule has 2 rings (SSSR count). The summed E-state index contributed by atoms with van der Waals surface area (Å²) in [5, 5.41) is 17.8. The van der Waals surface area contributed by atoms with E-state index in [-0.39, 0.29) is 11.3 Å². The van der Waals surface area contributed by atoms with Gasteiger partial charge in [0.05, 0.1) is 18.3 Å². The van der Waals surface area contributed by atoms with Crippen molar-refractivity contribution in [1.82, 2.24) is 15.1 Å². The van der Waals surface area contributed by atoms with Gasteiger partial charge in [0, 0.05) is 28.9 Å². The SMILES string of the molecule is Cc1nn(Cc2ccccc2Cl)c(C)c1/C=C/C(=O)NCC(C)(C)C[C@H](C)O. The van der Waals surface area contributed by atoms with E-state index in [0.29, 0.717) is 24.5 Å². The van der Waals surface area contributed by atoms with Gasteiger partial charge in [-0.2, -0.15) is 5.10 Å². The van der Waals surface area contributed by atoms with Gasteiger partial charge < -0.3 is 10.4 Å². The molecule has 1 heterocycles. The average molecular weight is 404 g/mol. The number of hydrogen-bond acceptors (Lipinski definition) is 3. The Bertz CT molecular complexity index is 853. The monoisotopic (exact) mass is 403 g/mol. The smallest absolute Gasteiger partial charge is 0.244 e. The number of benzene rings is 1. The van der Waals surface area contributed by atoms with E-state index < -0.39 is 6.10 Å². The van der Waals surface area contributed by atoms with Crippen molar-refractivity contribution in [3.05, 3.63) is 57.9 Å². The van der Waals surface area contributed by atoms with E-state index >= 15 is 0 Å². The van der Waals surface area contributed by atoms with Crippen molar-refractivity contribution in [2.45, 2.75) is 53.7 Å². The number of hydrogen-bond donors (Lipinski definition) is 2. The fourth-order valence-electron chi connectivity index (χ4n) is 3.31. The molecule has 1 amide bonds. The van der Waals surface area contributed by atoms with Gasteiger partial charge in [0.2, 0.25) is 5.91 Å². The van der Waals surface area contributed by atoms with Crippen LogP contribution in [0.5, 0.6) is 0 Å². The molecule has 2 N–H and O–H groups in total. The minimum Gasteiger partial charge on any atom is -0.393 e. The Kier molecular flexibility index (Phi) is 7.44. The molecule has 0 aliphatic rings. The molecule has 0 aliphatic carbocycles. The van der Waals surface area contributed by atoms with E-state index in [1.54, 1.807) is 13.0 Å². The first-order chi connectivity index (χ1) is 13.1. The predicted octanol–water partition coefficient (Wildman–Crippen LogP) is 4.13. The Hall–Kier alpha value is -2.11. The zero-order chi connectivity index (χ0) is 20.9. The lowest BCUT2D eigenvalue weighted by Crippen LogP contribution is -2.34. The largest absolute Gasteiger partial charge is 0.393 e. The Labute approximate surface area is 172 Å². The van der Waals surface area contributed by atoms with Gasteiger partial charge in [-0.25, -0.2) is 0 Å². The van der Waals surface area contributed by atoms with Crippen molar-refractivity contribution >= 4 is 23.6 Å². The second-order valence-electron chi connectivity index (χ2n) is 8.10. The highest BCUT2D eigenvalue weighted by molar-refractivity contribution is 6.31. The minimum absolute atomic E-state index is 0.156. The van der Waals surface area contributed by atoms with Crippen LogP contribution in [-0.4, -0.2) is 33.4 Å². The van der Waals surface area contributed by atoms with Crippen molar-refractivity contribution in [3.63, 3.8) is 0 Å². The van der Waals surface area contributed by atoms with Crippen LogP contribution < -0.4 is 5.32 Å². The number of amides is 1. The molecule has 2 aromatic rings. The van der Waals surface area contributed by atoms with E-state index in [1.807, 2.05) is 56.6 Å². The lowest BCUT2D eigenvalue weighted by atomic mass is 9.87. The van der Waals surface area contributed by atoms with E-state index in [4.69, 9.17) is 11.6 Å². The van der Waals surface area contributed by atoms with Crippen LogP contribution in [0.2, 0.25) is 5.02 Å². The molecule has 0 unspecified atom stereocenters. The molecule has 152 valence electrons. The maximum absolute atomic E-state index is 12.2. The number of halogens is 1. The third-order valence-electron chi connectivity index (χ3n) is 4.71. The summed E-state index contributed by atoms with van der Waals surface area (Å²) in [6.45, 7) is 10.8. The van der Waals surface area contributed by atoms with Crippen molar-refractivity contribution in [1.29, 1.82) is 0 Å². The number of aliphatic hydroxyl groups is 1. The highest BCUT2D eigenvalue weighted by Crippen LogP contribution is 2.22. The summed E-state index contributed by atoms with van der Waals surface area (Å²) in [4.78, 5) is 12.2. The summed E-state index contributed by atoms with van der Waals surface area (Å²) in [6.07, 6.45) is 3.58. The fourth-order valence-corrected chi connectivity index (χ4v) is 3.51. The van der Waals surface area contributed by atoms with Crippen LogP contribution >= 0.6 is 11.6 Å². The van der Waals surface area contributed by atoms with E-state index in [1.165, 1.54) is 6.08 Å². The molecule has 0 aliphatic heterocycles. The minimum atomic E-state index is -0.392. The second-order valence-corrected chi connectivity index (χ2v) is 8.51. The van der Waals surface area contributed by atoms with Crippen molar-refractivity contribution in [2.24, 2.45) is 5.41 Å². The van der Waals surface area contributed by atoms with Crippen molar-refractivity contribution in [3.8, 4) is 0 Å². The number of carbonyl (C=O) groups is 1. The van der Waals surface area contributed by atoms with Crippen molar-refractivity contribution < 1.29 is 9.90 Å². The van der Waals surface area contributed by atoms with Crippen molar-refractivity contribution in [2.75, 3.05) is 6.54 Å². The molecule has 5 nitrogen and oxygen atoms in total. The van der Waals surface area contributed by atoms with Crippen LogP contribution in [0, 0.1) is 19.3 Å². The van der Waals surface area contributed by atoms with Crippen LogP contribution in [0.3, 0.4) is 0 Å². The molecule has 1 aromatic carbocycles. The molecule has 0 saturated carbocycles. The van der Waals surface area contributed by atoms with Gasteiger partial charge in [0.25, 0.3) is 0 Å². The number of nitrogens with one attached hydrogen (secondary N) is 1. The molecule has 6 heteroatoms. The lowest BCUT2D eigenvalue weighted by Gasteiger charge is -2.26. The number of nitrogens with zero attached hydrogens (tertiary/aromatic N) is 2. The molecular formula is C22H30ClN3O2. The zero-order valence-corrected chi connectivity index (χ0v) is 18.0. The molecule has 0 bridgehead atoms. The highest BCUT2D eigenvalue weighted by Gasteiger charge is 2.20. The van der Waals surface area contributed by atoms with Gasteiger partial charge in [-0.15, -0.1) is 0 Å². The third-order valence-corrected chi connectivity index (χ3v) is 5.07. The summed E-state index contributed by atoms with van der Waals surface area (Å²) in [6, 6.07) is 7.71. The molecule has 0 saturated heterocycles. The van der Waals surface area contributed by atoms with Crippen LogP contribution in [0.15, 0.2) is 30.3 Å². The third kappa shape index (κ3) is 6.21. The molecule has 28 heavy (non-hydrogen) atoms. The Morgan fingerprint density at radius 2 is 2.04 bits per heavy atom.